The molecule has 3 aromatic carbocycles. The first-order valence-electron chi connectivity index (χ1n) is 11.0. The molecule has 11 heteroatoms. The van der Waals surface area contributed by atoms with E-state index in [2.05, 4.69) is 10.1 Å². The predicted molar refractivity (Wildman–Crippen MR) is 143 cm³/mol. The zero-order chi connectivity index (χ0) is 26.2. The highest BCUT2D eigenvalue weighted by molar-refractivity contribution is 8.27. The van der Waals surface area contributed by atoms with Crippen LogP contribution in [0.15, 0.2) is 93.4 Å². The molecule has 1 N–H and O–H groups in total. The van der Waals surface area contributed by atoms with Gasteiger partial charge in [-0.1, -0.05) is 42.0 Å². The molecule has 9 nitrogen and oxygen atoms in total. The van der Waals surface area contributed by atoms with Gasteiger partial charge in [-0.15, -0.1) is 0 Å². The summed E-state index contributed by atoms with van der Waals surface area (Å²) in [5.41, 5.74) is 2.62. The van der Waals surface area contributed by atoms with E-state index in [0.717, 1.165) is 11.1 Å². The van der Waals surface area contributed by atoms with Gasteiger partial charge < -0.3 is 8.92 Å². The highest BCUT2D eigenvalue weighted by Crippen LogP contribution is 2.31. The average molecular weight is 533 g/mol. The molecule has 0 aromatic heterocycles. The maximum Gasteiger partial charge on any atom is 0.339 e. The van der Waals surface area contributed by atoms with Crippen molar-refractivity contribution in [2.45, 2.75) is 11.8 Å². The van der Waals surface area contributed by atoms with E-state index in [-0.39, 0.29) is 22.1 Å². The number of ether oxygens (including phenoxy) is 1. The van der Waals surface area contributed by atoms with Gasteiger partial charge in [0.15, 0.2) is 5.84 Å². The number of hydrazone groups is 1. The standard InChI is InChI=1S/C26H20N4O5S2/c1-16-3-7-18(8-4-16)25-29-30-23(27)22(24(31)28-26(30)36-25)15-17-5-9-20(10-6-17)35-37(32,33)21-13-11-19(34-2)12-14-21/h3-15,27H,1-2H3/b22-15-,27-23?. The number of carbonyl (C=O) groups excluding carboxylic acids is 1. The smallest absolute Gasteiger partial charge is 0.339 e. The van der Waals surface area contributed by atoms with Crippen LogP contribution in [0.1, 0.15) is 16.7 Å². The van der Waals surface area contributed by atoms with Crippen molar-refractivity contribution in [1.29, 1.82) is 5.41 Å². The molecule has 0 saturated carbocycles. The summed E-state index contributed by atoms with van der Waals surface area (Å²) < 4.78 is 35.4. The maximum absolute atomic E-state index is 12.7. The summed E-state index contributed by atoms with van der Waals surface area (Å²) in [6.45, 7) is 1.99. The summed E-state index contributed by atoms with van der Waals surface area (Å²) in [7, 11) is -2.55. The normalized spacial score (nSPS) is 16.4. The number of amidine groups is 2. The molecule has 0 fully saturated rings. The number of rotatable bonds is 6. The Hall–Kier alpha value is -4.22. The number of hydrogen-bond acceptors (Lipinski definition) is 8. The van der Waals surface area contributed by atoms with Crippen molar-refractivity contribution in [3.8, 4) is 11.5 Å². The van der Waals surface area contributed by atoms with E-state index in [9.17, 15) is 13.2 Å². The fourth-order valence-electron chi connectivity index (χ4n) is 3.51. The quantitative estimate of drug-likeness (QED) is 0.368. The first-order valence-corrected chi connectivity index (χ1v) is 13.2. The molecule has 2 aliphatic rings. The highest BCUT2D eigenvalue weighted by atomic mass is 32.2. The summed E-state index contributed by atoms with van der Waals surface area (Å²) in [6, 6.07) is 19.8. The number of benzene rings is 3. The Kier molecular flexibility index (Phi) is 6.40. The minimum atomic E-state index is -4.04. The van der Waals surface area contributed by atoms with Gasteiger partial charge in [-0.2, -0.15) is 23.5 Å². The van der Waals surface area contributed by atoms with E-state index in [0.29, 0.717) is 21.5 Å². The van der Waals surface area contributed by atoms with E-state index in [1.54, 1.807) is 12.1 Å². The molecule has 2 heterocycles. The van der Waals surface area contributed by atoms with Gasteiger partial charge in [-0.05, 0) is 66.7 Å². The molecule has 0 atom stereocenters. The van der Waals surface area contributed by atoms with Crippen molar-refractivity contribution < 1.29 is 22.1 Å². The number of thioether (sulfide) groups is 1. The van der Waals surface area contributed by atoms with Crippen LogP contribution in [0.2, 0.25) is 0 Å². The van der Waals surface area contributed by atoms with Gasteiger partial charge in [0, 0.05) is 5.56 Å². The lowest BCUT2D eigenvalue weighted by atomic mass is 10.1. The Bertz CT molecular complexity index is 1590. The number of aliphatic imine (C=N–C) groups is 1. The number of amides is 1. The van der Waals surface area contributed by atoms with Crippen molar-refractivity contribution in [3.05, 3.63) is 95.1 Å². The van der Waals surface area contributed by atoms with E-state index in [4.69, 9.17) is 14.3 Å². The first-order chi connectivity index (χ1) is 17.7. The van der Waals surface area contributed by atoms with Crippen LogP contribution >= 0.6 is 11.8 Å². The molecule has 5 rings (SSSR count). The molecule has 37 heavy (non-hydrogen) atoms. The van der Waals surface area contributed by atoms with Gasteiger partial charge in [0.1, 0.15) is 21.4 Å². The third-order valence-electron chi connectivity index (χ3n) is 5.50. The molecule has 0 bridgehead atoms. The van der Waals surface area contributed by atoms with Crippen LogP contribution in [0.5, 0.6) is 11.5 Å². The topological polar surface area (TPSA) is 121 Å². The van der Waals surface area contributed by atoms with Crippen LogP contribution in [-0.4, -0.2) is 42.5 Å². The Morgan fingerprint density at radius 3 is 2.24 bits per heavy atom. The van der Waals surface area contributed by atoms with Gasteiger partial charge in [0.05, 0.1) is 12.7 Å². The van der Waals surface area contributed by atoms with Crippen LogP contribution in [-0.2, 0) is 14.9 Å². The van der Waals surface area contributed by atoms with Crippen molar-refractivity contribution in [3.63, 3.8) is 0 Å². The number of nitrogens with zero attached hydrogens (tertiary/aromatic N) is 3. The molecular formula is C26H20N4O5S2. The van der Waals surface area contributed by atoms with E-state index in [1.165, 1.54) is 66.4 Å². The first kappa shape index (κ1) is 24.5. The van der Waals surface area contributed by atoms with Crippen molar-refractivity contribution >= 4 is 49.9 Å². The second-order valence-electron chi connectivity index (χ2n) is 8.07. The highest BCUT2D eigenvalue weighted by Gasteiger charge is 2.36. The van der Waals surface area contributed by atoms with Gasteiger partial charge in [-0.3, -0.25) is 10.2 Å². The summed E-state index contributed by atoms with van der Waals surface area (Å²) >= 11 is 1.23. The number of carbonyl (C=O) groups is 1. The zero-order valence-corrected chi connectivity index (χ0v) is 21.3. The number of fused-ring (bicyclic) bond motifs is 1. The zero-order valence-electron chi connectivity index (χ0n) is 19.7. The monoisotopic (exact) mass is 532 g/mol. The van der Waals surface area contributed by atoms with Crippen LogP contribution in [0.25, 0.3) is 6.08 Å². The van der Waals surface area contributed by atoms with Gasteiger partial charge >= 0.3 is 10.1 Å². The van der Waals surface area contributed by atoms with E-state index < -0.39 is 16.0 Å². The molecule has 0 aliphatic carbocycles. The molecule has 0 unspecified atom stereocenters. The third kappa shape index (κ3) is 5.04. The number of nitrogens with one attached hydrogen (secondary N) is 1. The minimum absolute atomic E-state index is 0.0107. The summed E-state index contributed by atoms with van der Waals surface area (Å²) in [6.07, 6.45) is 1.51. The second-order valence-corrected chi connectivity index (χ2v) is 10.6. The Labute approximate surface area is 217 Å². The number of aryl methyl sites for hydroxylation is 1. The molecule has 1 amide bonds. The van der Waals surface area contributed by atoms with E-state index >= 15 is 0 Å². The largest absolute Gasteiger partial charge is 0.497 e. The van der Waals surface area contributed by atoms with Crippen LogP contribution in [0, 0.1) is 12.3 Å². The van der Waals surface area contributed by atoms with Crippen LogP contribution < -0.4 is 8.92 Å². The Balaban J connectivity index is 1.34. The van der Waals surface area contributed by atoms with Crippen LogP contribution in [0.3, 0.4) is 0 Å². The lowest BCUT2D eigenvalue weighted by molar-refractivity contribution is -0.114. The fraction of sp³-hybridized carbons (Fsp3) is 0.0769. The molecule has 186 valence electrons. The Morgan fingerprint density at radius 2 is 1.59 bits per heavy atom. The van der Waals surface area contributed by atoms with Gasteiger partial charge in [0.25, 0.3) is 5.91 Å². The van der Waals surface area contributed by atoms with Crippen LogP contribution in [0.4, 0.5) is 0 Å². The number of methoxy groups -OCH3 is 1. The SMILES string of the molecule is COc1ccc(S(=O)(=O)Oc2ccc(/C=C3/C(=N)N4N=C(c5ccc(C)cc5)SC4=NC3=O)cc2)cc1. The third-order valence-corrected chi connectivity index (χ3v) is 7.72. The molecule has 0 saturated heterocycles. The summed E-state index contributed by atoms with van der Waals surface area (Å²) in [4.78, 5) is 16.8. The lowest BCUT2D eigenvalue weighted by Crippen LogP contribution is -2.35. The maximum atomic E-state index is 12.7. The van der Waals surface area contributed by atoms with Crippen molar-refractivity contribution in [1.82, 2.24) is 5.01 Å². The lowest BCUT2D eigenvalue weighted by Gasteiger charge is -2.20. The van der Waals surface area contributed by atoms with Gasteiger partial charge in [0.2, 0.25) is 5.17 Å². The average Bonchev–Trinajstić information content (AvgIpc) is 3.32. The fourth-order valence-corrected chi connectivity index (χ4v) is 5.33. The molecule has 2 aliphatic heterocycles. The molecule has 0 spiro atoms. The minimum Gasteiger partial charge on any atom is -0.497 e. The van der Waals surface area contributed by atoms with E-state index in [1.807, 2.05) is 31.2 Å². The molecular weight excluding hydrogens is 512 g/mol. The molecule has 3 aromatic rings. The van der Waals surface area contributed by atoms with Crippen molar-refractivity contribution in [2.75, 3.05) is 7.11 Å². The van der Waals surface area contributed by atoms with Gasteiger partial charge in [-0.25, -0.2) is 0 Å². The van der Waals surface area contributed by atoms with Crippen molar-refractivity contribution in [2.24, 2.45) is 10.1 Å². The summed E-state index contributed by atoms with van der Waals surface area (Å²) in [5.74, 6) is -0.00893. The molecule has 0 radical (unpaired) electrons. The Morgan fingerprint density at radius 1 is 0.946 bits per heavy atom. The summed E-state index contributed by atoms with van der Waals surface area (Å²) in [5, 5.41) is 15.3. The number of hydrogen-bond donors (Lipinski definition) is 1. The second kappa shape index (κ2) is 9.68. The predicted octanol–water partition coefficient (Wildman–Crippen LogP) is 4.44.